The molecule has 0 bridgehead atoms. The van der Waals surface area contributed by atoms with Crippen LogP contribution in [0.1, 0.15) is 25.0 Å². The van der Waals surface area contributed by atoms with Gasteiger partial charge in [-0.15, -0.1) is 0 Å². The second kappa shape index (κ2) is 8.41. The Morgan fingerprint density at radius 1 is 1.16 bits per heavy atom. The molecule has 0 saturated heterocycles. The minimum atomic E-state index is 0.533. The SMILES string of the molecule is Cc1cc(C)c(OCCOCC[NH2+]C(C)C)c(Cl)c1. The second-order valence-corrected chi connectivity index (χ2v) is 5.53. The summed E-state index contributed by atoms with van der Waals surface area (Å²) in [5.74, 6) is 0.768. The Morgan fingerprint density at radius 3 is 2.53 bits per heavy atom. The van der Waals surface area contributed by atoms with Gasteiger partial charge in [0.1, 0.15) is 12.4 Å². The van der Waals surface area contributed by atoms with Crippen LogP contribution in [0.25, 0.3) is 0 Å². The van der Waals surface area contributed by atoms with Crippen LogP contribution >= 0.6 is 11.6 Å². The van der Waals surface area contributed by atoms with Gasteiger partial charge in [-0.1, -0.05) is 17.7 Å². The van der Waals surface area contributed by atoms with Crippen LogP contribution in [-0.2, 0) is 4.74 Å². The molecule has 0 aliphatic heterocycles. The van der Waals surface area contributed by atoms with Gasteiger partial charge in [-0.05, 0) is 44.9 Å². The molecule has 1 rings (SSSR count). The Morgan fingerprint density at radius 2 is 1.89 bits per heavy atom. The second-order valence-electron chi connectivity index (χ2n) is 5.12. The lowest BCUT2D eigenvalue weighted by atomic mass is 10.1. The lowest BCUT2D eigenvalue weighted by Gasteiger charge is -2.12. The molecule has 0 aliphatic carbocycles. The van der Waals surface area contributed by atoms with Crippen molar-refractivity contribution < 1.29 is 14.8 Å². The number of rotatable bonds is 8. The Bertz CT molecular complexity index is 371. The van der Waals surface area contributed by atoms with E-state index in [4.69, 9.17) is 21.1 Å². The monoisotopic (exact) mass is 286 g/mol. The first-order valence-electron chi connectivity index (χ1n) is 6.81. The van der Waals surface area contributed by atoms with Gasteiger partial charge in [0.2, 0.25) is 0 Å². The van der Waals surface area contributed by atoms with Crippen molar-refractivity contribution >= 4 is 11.6 Å². The van der Waals surface area contributed by atoms with Gasteiger partial charge >= 0.3 is 0 Å². The molecule has 19 heavy (non-hydrogen) atoms. The van der Waals surface area contributed by atoms with Gasteiger partial charge in [0.15, 0.2) is 0 Å². The van der Waals surface area contributed by atoms with E-state index in [-0.39, 0.29) is 0 Å². The van der Waals surface area contributed by atoms with E-state index in [9.17, 15) is 0 Å². The maximum atomic E-state index is 6.16. The molecule has 0 amide bonds. The molecular weight excluding hydrogens is 262 g/mol. The molecule has 4 heteroatoms. The quantitative estimate of drug-likeness (QED) is 0.745. The maximum absolute atomic E-state index is 6.16. The van der Waals surface area contributed by atoms with E-state index in [1.165, 1.54) is 0 Å². The summed E-state index contributed by atoms with van der Waals surface area (Å²) in [5.41, 5.74) is 2.22. The van der Waals surface area contributed by atoms with E-state index in [1.54, 1.807) is 0 Å². The van der Waals surface area contributed by atoms with E-state index < -0.39 is 0 Å². The van der Waals surface area contributed by atoms with E-state index >= 15 is 0 Å². The molecule has 0 heterocycles. The van der Waals surface area contributed by atoms with Gasteiger partial charge in [0, 0.05) is 0 Å². The van der Waals surface area contributed by atoms with Crippen molar-refractivity contribution in [2.45, 2.75) is 33.7 Å². The van der Waals surface area contributed by atoms with E-state index in [0.29, 0.717) is 24.3 Å². The molecule has 0 aromatic heterocycles. The molecule has 3 nitrogen and oxygen atoms in total. The van der Waals surface area contributed by atoms with Gasteiger partial charge in [-0.2, -0.15) is 0 Å². The minimum Gasteiger partial charge on any atom is -0.489 e. The standard InChI is InChI=1S/C15H24ClNO2/c1-11(2)17-5-6-18-7-8-19-15-13(4)9-12(3)10-14(15)16/h9-11,17H,5-8H2,1-4H3/p+1. The average molecular weight is 287 g/mol. The van der Waals surface area contributed by atoms with Crippen molar-refractivity contribution in [3.05, 3.63) is 28.3 Å². The Kier molecular flexibility index (Phi) is 7.21. The predicted octanol–water partition coefficient (Wildman–Crippen LogP) is 2.32. The van der Waals surface area contributed by atoms with Crippen molar-refractivity contribution in [1.82, 2.24) is 0 Å². The molecule has 108 valence electrons. The normalized spacial score (nSPS) is 11.1. The van der Waals surface area contributed by atoms with Gasteiger partial charge in [-0.25, -0.2) is 0 Å². The third-order valence-corrected chi connectivity index (χ3v) is 3.03. The molecule has 1 aromatic rings. The third kappa shape index (κ3) is 6.28. The molecule has 0 fully saturated rings. The van der Waals surface area contributed by atoms with Gasteiger partial charge in [0.05, 0.1) is 30.8 Å². The van der Waals surface area contributed by atoms with E-state index in [0.717, 1.165) is 30.0 Å². The highest BCUT2D eigenvalue weighted by Crippen LogP contribution is 2.29. The molecule has 0 aliphatic rings. The molecule has 0 saturated carbocycles. The van der Waals surface area contributed by atoms with Crippen molar-refractivity contribution in [2.24, 2.45) is 0 Å². The first-order chi connectivity index (χ1) is 9.00. The van der Waals surface area contributed by atoms with Crippen LogP contribution in [0.5, 0.6) is 5.75 Å². The lowest BCUT2D eigenvalue weighted by molar-refractivity contribution is -0.684. The number of aryl methyl sites for hydroxylation is 2. The minimum absolute atomic E-state index is 0.533. The van der Waals surface area contributed by atoms with Crippen LogP contribution in [0, 0.1) is 13.8 Å². The summed E-state index contributed by atoms with van der Waals surface area (Å²) in [6.07, 6.45) is 0. The smallest absolute Gasteiger partial charge is 0.140 e. The van der Waals surface area contributed by atoms with Crippen LogP contribution in [0.15, 0.2) is 12.1 Å². The van der Waals surface area contributed by atoms with Crippen LogP contribution in [0.4, 0.5) is 0 Å². The topological polar surface area (TPSA) is 35.1 Å². The average Bonchev–Trinajstić information content (AvgIpc) is 2.30. The summed E-state index contributed by atoms with van der Waals surface area (Å²) in [6, 6.07) is 4.61. The molecule has 1 aromatic carbocycles. The highest BCUT2D eigenvalue weighted by atomic mass is 35.5. The molecular formula is C15H25ClNO2+. The van der Waals surface area contributed by atoms with Crippen LogP contribution in [-0.4, -0.2) is 32.4 Å². The number of hydrogen-bond donors (Lipinski definition) is 1. The molecule has 0 unspecified atom stereocenters. The summed E-state index contributed by atoms with van der Waals surface area (Å²) >= 11 is 6.16. The van der Waals surface area contributed by atoms with E-state index in [1.807, 2.05) is 19.9 Å². The zero-order valence-electron chi connectivity index (χ0n) is 12.3. The summed E-state index contributed by atoms with van der Waals surface area (Å²) in [6.45, 7) is 11.2. The largest absolute Gasteiger partial charge is 0.489 e. The fraction of sp³-hybridized carbons (Fsp3) is 0.600. The summed E-state index contributed by atoms with van der Waals surface area (Å²) < 4.78 is 11.2. The Hall–Kier alpha value is -0.770. The third-order valence-electron chi connectivity index (χ3n) is 2.75. The summed E-state index contributed by atoms with van der Waals surface area (Å²) in [4.78, 5) is 0. The molecule has 0 spiro atoms. The number of halogens is 1. The van der Waals surface area contributed by atoms with Crippen molar-refractivity contribution in [3.63, 3.8) is 0 Å². The van der Waals surface area contributed by atoms with Gasteiger partial charge in [0.25, 0.3) is 0 Å². The molecule has 0 atom stereocenters. The fourth-order valence-corrected chi connectivity index (χ4v) is 2.25. The highest BCUT2D eigenvalue weighted by molar-refractivity contribution is 6.32. The number of nitrogens with two attached hydrogens (primary N) is 1. The zero-order chi connectivity index (χ0) is 14.3. The van der Waals surface area contributed by atoms with Gasteiger partial charge < -0.3 is 14.8 Å². The lowest BCUT2D eigenvalue weighted by Crippen LogP contribution is -2.89. The zero-order valence-corrected chi connectivity index (χ0v) is 13.1. The summed E-state index contributed by atoms with van der Waals surface area (Å²) in [7, 11) is 0. The van der Waals surface area contributed by atoms with Crippen molar-refractivity contribution in [1.29, 1.82) is 0 Å². The number of quaternary nitrogens is 1. The molecule has 2 N–H and O–H groups in total. The van der Waals surface area contributed by atoms with E-state index in [2.05, 4.69) is 25.2 Å². The van der Waals surface area contributed by atoms with Crippen LogP contribution in [0.2, 0.25) is 5.02 Å². The number of benzene rings is 1. The van der Waals surface area contributed by atoms with Gasteiger partial charge in [-0.3, -0.25) is 0 Å². The number of hydrogen-bond acceptors (Lipinski definition) is 2. The highest BCUT2D eigenvalue weighted by Gasteiger charge is 2.06. The fourth-order valence-electron chi connectivity index (χ4n) is 1.87. The van der Waals surface area contributed by atoms with Crippen LogP contribution < -0.4 is 10.1 Å². The summed E-state index contributed by atoms with van der Waals surface area (Å²) in [5, 5.41) is 2.92. The first-order valence-corrected chi connectivity index (χ1v) is 7.19. The van der Waals surface area contributed by atoms with Crippen molar-refractivity contribution in [3.8, 4) is 5.75 Å². The first kappa shape index (κ1) is 16.3. The Balaban J connectivity index is 2.23. The maximum Gasteiger partial charge on any atom is 0.140 e. The van der Waals surface area contributed by atoms with Crippen LogP contribution in [0.3, 0.4) is 0 Å². The predicted molar refractivity (Wildman–Crippen MR) is 79.2 cm³/mol. The Labute approximate surface area is 121 Å². The molecule has 0 radical (unpaired) electrons. The number of ether oxygens (including phenoxy) is 2. The van der Waals surface area contributed by atoms with Crippen molar-refractivity contribution in [2.75, 3.05) is 26.4 Å².